The van der Waals surface area contributed by atoms with Crippen LogP contribution >= 0.6 is 0 Å². The first kappa shape index (κ1) is 62.6. The molecule has 0 heterocycles. The Morgan fingerprint density at radius 1 is 0.446 bits per heavy atom. The van der Waals surface area contributed by atoms with Gasteiger partial charge in [-0.05, 0) is 96.3 Å². The Hall–Kier alpha value is -2.44. The van der Waals surface area contributed by atoms with E-state index in [0.717, 1.165) is 83.5 Å². The summed E-state index contributed by atoms with van der Waals surface area (Å²) in [5.74, 6) is -0.119. The summed E-state index contributed by atoms with van der Waals surface area (Å²) in [6.45, 7) is 4.81. The van der Waals surface area contributed by atoms with E-state index in [4.69, 9.17) is 4.74 Å². The van der Waals surface area contributed by atoms with Gasteiger partial charge in [-0.1, -0.05) is 229 Å². The highest BCUT2D eigenvalue weighted by molar-refractivity contribution is 5.76. The van der Waals surface area contributed by atoms with Gasteiger partial charge in [0.25, 0.3) is 0 Å². The molecule has 0 rings (SSSR count). The predicted molar refractivity (Wildman–Crippen MR) is 282 cm³/mol. The second kappa shape index (κ2) is 54.2. The first-order valence-corrected chi connectivity index (χ1v) is 28.1. The molecule has 65 heavy (non-hydrogen) atoms. The molecule has 0 radical (unpaired) electrons. The van der Waals surface area contributed by atoms with Crippen molar-refractivity contribution in [2.75, 3.05) is 13.2 Å². The molecule has 0 bridgehead atoms. The van der Waals surface area contributed by atoms with Crippen LogP contribution in [0.3, 0.4) is 0 Å². The molecule has 0 aromatic rings. The standard InChI is InChI=1S/C59H107NO5/c1-3-5-7-9-11-13-15-17-19-20-21-22-25-29-33-37-41-45-49-53-59(64)65-54-50-46-42-38-34-30-26-23-24-28-32-36-40-44-48-52-58(63)60-56(55-61)57(62)51-47-43-39-35-31-27-18-16-14-12-10-8-6-4-2/h11,13,17,19,23,26,30,34,47,51,56-57,61-62H,3-10,12,14-16,18,20-22,24-25,27-29,31-33,35-46,48-50,52-55H2,1-2H3,(H,60,63)/b13-11-,19-17-,26-23-,34-30-,51-47+. The minimum atomic E-state index is -0.860. The summed E-state index contributed by atoms with van der Waals surface area (Å²) in [5.41, 5.74) is 0. The number of carbonyl (C=O) groups excluding carboxylic acids is 2. The molecule has 0 aliphatic carbocycles. The molecule has 2 atom stereocenters. The van der Waals surface area contributed by atoms with E-state index in [-0.39, 0.29) is 18.5 Å². The summed E-state index contributed by atoms with van der Waals surface area (Å²) < 4.78 is 5.46. The summed E-state index contributed by atoms with van der Waals surface area (Å²) in [5, 5.41) is 23.0. The zero-order chi connectivity index (χ0) is 47.2. The SMILES string of the molecule is CCCCC/C=C\C/C=C\CCCCCCCCCCCC(=O)OCCCCC/C=C\C=C/CCCCCCCCC(=O)NC(CO)C(O)/C=C/CCCCCCCCCCCCCC. The number of hydrogen-bond donors (Lipinski definition) is 3. The van der Waals surface area contributed by atoms with Crippen LogP contribution in [-0.4, -0.2) is 47.4 Å². The lowest BCUT2D eigenvalue weighted by atomic mass is 10.0. The van der Waals surface area contributed by atoms with Gasteiger partial charge in [0, 0.05) is 12.8 Å². The summed E-state index contributed by atoms with van der Waals surface area (Å²) in [4.78, 5) is 24.5. The van der Waals surface area contributed by atoms with Crippen molar-refractivity contribution >= 4 is 11.9 Å². The molecule has 3 N–H and O–H groups in total. The van der Waals surface area contributed by atoms with Crippen LogP contribution < -0.4 is 5.32 Å². The van der Waals surface area contributed by atoms with Gasteiger partial charge in [0.1, 0.15) is 0 Å². The molecule has 0 saturated heterocycles. The van der Waals surface area contributed by atoms with Crippen molar-refractivity contribution in [1.29, 1.82) is 0 Å². The van der Waals surface area contributed by atoms with Crippen LogP contribution in [-0.2, 0) is 14.3 Å². The second-order valence-corrected chi connectivity index (χ2v) is 18.9. The largest absolute Gasteiger partial charge is 0.466 e. The van der Waals surface area contributed by atoms with Gasteiger partial charge in [-0.25, -0.2) is 0 Å². The van der Waals surface area contributed by atoms with Gasteiger partial charge in [-0.2, -0.15) is 0 Å². The zero-order valence-electron chi connectivity index (χ0n) is 43.0. The average molecular weight is 911 g/mol. The van der Waals surface area contributed by atoms with E-state index in [0.29, 0.717) is 19.4 Å². The maximum Gasteiger partial charge on any atom is 0.305 e. The molecular formula is C59H107NO5. The quantitative estimate of drug-likeness (QED) is 0.0245. The number of hydrogen-bond acceptors (Lipinski definition) is 5. The van der Waals surface area contributed by atoms with Crippen LogP contribution in [0.1, 0.15) is 277 Å². The number of unbranched alkanes of at least 4 members (excludes halogenated alkanes) is 33. The van der Waals surface area contributed by atoms with Crippen molar-refractivity contribution in [2.24, 2.45) is 0 Å². The van der Waals surface area contributed by atoms with Crippen molar-refractivity contribution in [1.82, 2.24) is 5.32 Å². The van der Waals surface area contributed by atoms with Crippen LogP contribution in [0.4, 0.5) is 0 Å². The third-order valence-electron chi connectivity index (χ3n) is 12.5. The molecule has 0 aromatic heterocycles. The molecule has 378 valence electrons. The van der Waals surface area contributed by atoms with Gasteiger partial charge in [0.15, 0.2) is 0 Å². The lowest BCUT2D eigenvalue weighted by molar-refractivity contribution is -0.143. The number of nitrogens with one attached hydrogen (secondary N) is 1. The molecule has 1 amide bonds. The van der Waals surface area contributed by atoms with Crippen molar-refractivity contribution in [3.63, 3.8) is 0 Å². The van der Waals surface area contributed by atoms with Crippen LogP contribution in [0.5, 0.6) is 0 Å². The topological polar surface area (TPSA) is 95.9 Å². The molecular weight excluding hydrogens is 803 g/mol. The fourth-order valence-corrected chi connectivity index (χ4v) is 8.18. The van der Waals surface area contributed by atoms with Gasteiger partial charge < -0.3 is 20.3 Å². The van der Waals surface area contributed by atoms with E-state index < -0.39 is 12.1 Å². The van der Waals surface area contributed by atoms with Crippen molar-refractivity contribution in [2.45, 2.75) is 289 Å². The lowest BCUT2D eigenvalue weighted by Crippen LogP contribution is -2.45. The smallest absolute Gasteiger partial charge is 0.305 e. The van der Waals surface area contributed by atoms with Crippen LogP contribution in [0.2, 0.25) is 0 Å². The van der Waals surface area contributed by atoms with E-state index in [1.165, 1.54) is 167 Å². The average Bonchev–Trinajstić information content (AvgIpc) is 3.31. The normalized spacial score (nSPS) is 13.1. The highest BCUT2D eigenvalue weighted by Crippen LogP contribution is 2.15. The van der Waals surface area contributed by atoms with E-state index in [9.17, 15) is 19.8 Å². The van der Waals surface area contributed by atoms with Gasteiger partial charge in [-0.15, -0.1) is 0 Å². The molecule has 0 spiro atoms. The summed E-state index contributed by atoms with van der Waals surface area (Å²) >= 11 is 0. The van der Waals surface area contributed by atoms with Crippen molar-refractivity contribution in [3.05, 3.63) is 60.8 Å². The Labute approximate surface area is 403 Å². The predicted octanol–water partition coefficient (Wildman–Crippen LogP) is 17.2. The number of allylic oxidation sites excluding steroid dienone is 9. The van der Waals surface area contributed by atoms with Crippen LogP contribution in [0.25, 0.3) is 0 Å². The fraction of sp³-hybridized carbons (Fsp3) is 0.797. The molecule has 2 unspecified atom stereocenters. The van der Waals surface area contributed by atoms with Gasteiger partial charge >= 0.3 is 5.97 Å². The number of aliphatic hydroxyl groups is 2. The minimum absolute atomic E-state index is 0.0275. The Morgan fingerprint density at radius 2 is 0.815 bits per heavy atom. The summed E-state index contributed by atoms with van der Waals surface area (Å²) in [6.07, 6.45) is 69.5. The first-order chi connectivity index (χ1) is 32.0. The third kappa shape index (κ3) is 50.8. The second-order valence-electron chi connectivity index (χ2n) is 18.9. The highest BCUT2D eigenvalue weighted by Gasteiger charge is 2.18. The maximum absolute atomic E-state index is 12.4. The summed E-state index contributed by atoms with van der Waals surface area (Å²) in [6, 6.07) is -0.645. The molecule has 0 aliphatic rings. The minimum Gasteiger partial charge on any atom is -0.466 e. The van der Waals surface area contributed by atoms with Gasteiger partial charge in [-0.3, -0.25) is 9.59 Å². The van der Waals surface area contributed by atoms with Crippen molar-refractivity contribution in [3.8, 4) is 0 Å². The number of esters is 1. The molecule has 0 aromatic carbocycles. The Bertz CT molecular complexity index is 1140. The molecule has 0 fully saturated rings. The fourth-order valence-electron chi connectivity index (χ4n) is 8.18. The first-order valence-electron chi connectivity index (χ1n) is 28.1. The lowest BCUT2D eigenvalue weighted by Gasteiger charge is -2.20. The Kier molecular flexibility index (Phi) is 52.1. The molecule has 0 saturated carbocycles. The van der Waals surface area contributed by atoms with Gasteiger partial charge in [0.2, 0.25) is 5.91 Å². The van der Waals surface area contributed by atoms with Crippen molar-refractivity contribution < 1.29 is 24.5 Å². The van der Waals surface area contributed by atoms with E-state index in [2.05, 4.69) is 67.8 Å². The highest BCUT2D eigenvalue weighted by atomic mass is 16.5. The molecule has 0 aliphatic heterocycles. The number of amides is 1. The van der Waals surface area contributed by atoms with Crippen LogP contribution in [0, 0.1) is 0 Å². The number of rotatable bonds is 51. The monoisotopic (exact) mass is 910 g/mol. The third-order valence-corrected chi connectivity index (χ3v) is 12.5. The maximum atomic E-state index is 12.4. The zero-order valence-corrected chi connectivity index (χ0v) is 43.0. The van der Waals surface area contributed by atoms with Gasteiger partial charge in [0.05, 0.1) is 25.4 Å². The number of ether oxygens (including phenoxy) is 1. The molecule has 6 heteroatoms. The Morgan fingerprint density at radius 3 is 1.29 bits per heavy atom. The van der Waals surface area contributed by atoms with E-state index in [1.807, 2.05) is 6.08 Å². The number of aliphatic hydroxyl groups excluding tert-OH is 2. The number of carbonyl (C=O) groups is 2. The van der Waals surface area contributed by atoms with E-state index >= 15 is 0 Å². The molecule has 6 nitrogen and oxygen atoms in total. The summed E-state index contributed by atoms with van der Waals surface area (Å²) in [7, 11) is 0. The van der Waals surface area contributed by atoms with E-state index in [1.54, 1.807) is 6.08 Å². The van der Waals surface area contributed by atoms with Crippen LogP contribution in [0.15, 0.2) is 60.8 Å². The Balaban J connectivity index is 3.54.